The lowest BCUT2D eigenvalue weighted by molar-refractivity contribution is 0.893. The first-order valence-corrected chi connectivity index (χ1v) is 7.12. The normalized spacial score (nSPS) is 10.9. The Bertz CT molecular complexity index is 868. The van der Waals surface area contributed by atoms with Gasteiger partial charge in [-0.15, -0.1) is 0 Å². The molecule has 0 atom stereocenters. The summed E-state index contributed by atoms with van der Waals surface area (Å²) in [6, 6.07) is 13.3. The summed E-state index contributed by atoms with van der Waals surface area (Å²) in [4.78, 5) is 17.2. The number of fused-ring (bicyclic) bond motifs is 1. The highest BCUT2D eigenvalue weighted by Crippen LogP contribution is 2.20. The molecule has 0 aliphatic carbocycles. The monoisotopic (exact) mass is 328 g/mol. The SMILES string of the molecule is Cc1ccc(-n2c(C)nc3ccccc3c2=O)cc1Br. The number of hydrogen-bond donors (Lipinski definition) is 0. The van der Waals surface area contributed by atoms with E-state index in [9.17, 15) is 4.79 Å². The van der Waals surface area contributed by atoms with Gasteiger partial charge in [0.05, 0.1) is 16.6 Å². The van der Waals surface area contributed by atoms with E-state index in [0.717, 1.165) is 21.2 Å². The minimum absolute atomic E-state index is 0.0381. The van der Waals surface area contributed by atoms with Crippen LogP contribution in [0.15, 0.2) is 51.7 Å². The van der Waals surface area contributed by atoms with Gasteiger partial charge in [0.15, 0.2) is 0 Å². The van der Waals surface area contributed by atoms with Crippen LogP contribution < -0.4 is 5.56 Å². The Morgan fingerprint density at radius 1 is 1.10 bits per heavy atom. The fourth-order valence-electron chi connectivity index (χ4n) is 2.27. The highest BCUT2D eigenvalue weighted by Gasteiger charge is 2.10. The Labute approximate surface area is 125 Å². The maximum Gasteiger partial charge on any atom is 0.265 e. The van der Waals surface area contributed by atoms with Gasteiger partial charge < -0.3 is 0 Å². The average molecular weight is 329 g/mol. The third kappa shape index (κ3) is 2.06. The molecule has 0 fully saturated rings. The van der Waals surface area contributed by atoms with E-state index in [-0.39, 0.29) is 5.56 Å². The van der Waals surface area contributed by atoms with E-state index in [1.165, 1.54) is 0 Å². The smallest absolute Gasteiger partial charge is 0.265 e. The summed E-state index contributed by atoms with van der Waals surface area (Å²) in [5.74, 6) is 0.685. The van der Waals surface area contributed by atoms with E-state index in [0.29, 0.717) is 11.2 Å². The number of hydrogen-bond acceptors (Lipinski definition) is 2. The van der Waals surface area contributed by atoms with Gasteiger partial charge in [0, 0.05) is 4.47 Å². The fourth-order valence-corrected chi connectivity index (χ4v) is 2.64. The Balaban J connectivity index is 2.36. The van der Waals surface area contributed by atoms with E-state index in [1.54, 1.807) is 4.57 Å². The molecule has 0 N–H and O–H groups in total. The molecule has 0 saturated heterocycles. The summed E-state index contributed by atoms with van der Waals surface area (Å²) in [5, 5.41) is 0.634. The van der Waals surface area contributed by atoms with Crippen LogP contribution in [0.4, 0.5) is 0 Å². The van der Waals surface area contributed by atoms with Crippen LogP contribution in [0.25, 0.3) is 16.6 Å². The lowest BCUT2D eigenvalue weighted by Crippen LogP contribution is -2.22. The minimum Gasteiger partial charge on any atom is -0.268 e. The van der Waals surface area contributed by atoms with Crippen molar-refractivity contribution < 1.29 is 0 Å². The molecule has 0 radical (unpaired) electrons. The van der Waals surface area contributed by atoms with Gasteiger partial charge in [0.25, 0.3) is 5.56 Å². The molecule has 3 rings (SSSR count). The molecule has 20 heavy (non-hydrogen) atoms. The zero-order valence-corrected chi connectivity index (χ0v) is 12.8. The molecule has 0 amide bonds. The van der Waals surface area contributed by atoms with Gasteiger partial charge in [-0.2, -0.15) is 0 Å². The van der Waals surface area contributed by atoms with E-state index in [4.69, 9.17) is 0 Å². The van der Waals surface area contributed by atoms with Gasteiger partial charge in [0.1, 0.15) is 5.82 Å². The highest BCUT2D eigenvalue weighted by molar-refractivity contribution is 9.10. The number of halogens is 1. The summed E-state index contributed by atoms with van der Waals surface area (Å²) in [5.41, 5.74) is 2.65. The summed E-state index contributed by atoms with van der Waals surface area (Å²) < 4.78 is 2.63. The van der Waals surface area contributed by atoms with Crippen molar-refractivity contribution in [3.8, 4) is 5.69 Å². The first-order valence-electron chi connectivity index (χ1n) is 6.33. The number of nitrogens with zero attached hydrogens (tertiary/aromatic N) is 2. The van der Waals surface area contributed by atoms with Crippen molar-refractivity contribution >= 4 is 26.8 Å². The Morgan fingerprint density at radius 3 is 2.60 bits per heavy atom. The third-order valence-electron chi connectivity index (χ3n) is 3.36. The van der Waals surface area contributed by atoms with Crippen LogP contribution in [0.3, 0.4) is 0 Å². The molecule has 0 unspecified atom stereocenters. The van der Waals surface area contributed by atoms with Crippen molar-refractivity contribution in [2.24, 2.45) is 0 Å². The molecule has 0 spiro atoms. The first kappa shape index (κ1) is 13.1. The second kappa shape index (κ2) is 4.87. The molecule has 1 heterocycles. The lowest BCUT2D eigenvalue weighted by Gasteiger charge is -2.11. The topological polar surface area (TPSA) is 34.9 Å². The van der Waals surface area contributed by atoms with Crippen molar-refractivity contribution in [3.63, 3.8) is 0 Å². The predicted octanol–water partition coefficient (Wildman–Crippen LogP) is 3.77. The van der Waals surface area contributed by atoms with Crippen LogP contribution in [0.2, 0.25) is 0 Å². The summed E-state index contributed by atoms with van der Waals surface area (Å²) in [7, 11) is 0. The summed E-state index contributed by atoms with van der Waals surface area (Å²) in [6.45, 7) is 3.86. The molecule has 0 aliphatic heterocycles. The number of para-hydroxylation sites is 1. The van der Waals surface area contributed by atoms with Crippen LogP contribution >= 0.6 is 15.9 Å². The van der Waals surface area contributed by atoms with E-state index in [2.05, 4.69) is 20.9 Å². The summed E-state index contributed by atoms with van der Waals surface area (Å²) in [6.07, 6.45) is 0. The number of benzene rings is 2. The Kier molecular flexibility index (Phi) is 3.18. The van der Waals surface area contributed by atoms with E-state index >= 15 is 0 Å². The van der Waals surface area contributed by atoms with Crippen molar-refractivity contribution in [1.82, 2.24) is 9.55 Å². The van der Waals surface area contributed by atoms with Crippen LogP contribution in [-0.4, -0.2) is 9.55 Å². The Hall–Kier alpha value is -1.94. The van der Waals surface area contributed by atoms with Crippen LogP contribution in [-0.2, 0) is 0 Å². The molecule has 0 saturated carbocycles. The second-order valence-electron chi connectivity index (χ2n) is 4.75. The van der Waals surface area contributed by atoms with Gasteiger partial charge in [0.2, 0.25) is 0 Å². The molecular formula is C16H13BrN2O. The number of aromatic nitrogens is 2. The standard InChI is InChI=1S/C16H13BrN2O/c1-10-7-8-12(9-14(10)17)19-11(2)18-15-6-4-3-5-13(15)16(19)20/h3-9H,1-2H3. The quantitative estimate of drug-likeness (QED) is 0.681. The highest BCUT2D eigenvalue weighted by atomic mass is 79.9. The van der Waals surface area contributed by atoms with Gasteiger partial charge in [-0.1, -0.05) is 34.1 Å². The van der Waals surface area contributed by atoms with Gasteiger partial charge >= 0.3 is 0 Å². The zero-order valence-electron chi connectivity index (χ0n) is 11.2. The lowest BCUT2D eigenvalue weighted by atomic mass is 10.2. The third-order valence-corrected chi connectivity index (χ3v) is 4.21. The second-order valence-corrected chi connectivity index (χ2v) is 5.60. The van der Waals surface area contributed by atoms with Crippen LogP contribution in [0, 0.1) is 13.8 Å². The number of rotatable bonds is 1. The summed E-state index contributed by atoms with van der Waals surface area (Å²) >= 11 is 3.51. The van der Waals surface area contributed by atoms with Crippen molar-refractivity contribution in [1.29, 1.82) is 0 Å². The Morgan fingerprint density at radius 2 is 1.85 bits per heavy atom. The molecule has 3 nitrogen and oxygen atoms in total. The van der Waals surface area contributed by atoms with Crippen molar-refractivity contribution in [2.75, 3.05) is 0 Å². The van der Waals surface area contributed by atoms with Crippen LogP contribution in [0.1, 0.15) is 11.4 Å². The minimum atomic E-state index is -0.0381. The maximum atomic E-state index is 12.7. The van der Waals surface area contributed by atoms with Gasteiger partial charge in [-0.25, -0.2) is 4.98 Å². The average Bonchev–Trinajstić information content (AvgIpc) is 2.43. The predicted molar refractivity (Wildman–Crippen MR) is 84.5 cm³/mol. The molecule has 100 valence electrons. The molecule has 2 aromatic carbocycles. The van der Waals surface area contributed by atoms with E-state index in [1.807, 2.05) is 56.3 Å². The largest absolute Gasteiger partial charge is 0.268 e. The fraction of sp³-hybridized carbons (Fsp3) is 0.125. The first-order chi connectivity index (χ1) is 9.58. The zero-order chi connectivity index (χ0) is 14.3. The molecule has 1 aromatic heterocycles. The molecule has 0 aliphatic rings. The molecular weight excluding hydrogens is 316 g/mol. The van der Waals surface area contributed by atoms with Crippen molar-refractivity contribution in [3.05, 3.63) is 68.7 Å². The molecule has 4 heteroatoms. The van der Waals surface area contributed by atoms with Crippen LogP contribution in [0.5, 0.6) is 0 Å². The van der Waals surface area contributed by atoms with E-state index < -0.39 is 0 Å². The number of aryl methyl sites for hydroxylation is 2. The van der Waals surface area contributed by atoms with Gasteiger partial charge in [-0.05, 0) is 43.7 Å². The van der Waals surface area contributed by atoms with Crippen molar-refractivity contribution in [2.45, 2.75) is 13.8 Å². The maximum absolute atomic E-state index is 12.7. The van der Waals surface area contributed by atoms with Gasteiger partial charge in [-0.3, -0.25) is 9.36 Å². The molecule has 3 aromatic rings. The molecule has 0 bridgehead atoms.